The SMILES string of the molecule is Cc1c(C)n(C(=S)SC=O)c2ccccc12. The molecular weight excluding hydrogens is 238 g/mol. The second-order valence-electron chi connectivity index (χ2n) is 3.54. The number of para-hydroxylation sites is 1. The maximum atomic E-state index is 10.5. The first kappa shape index (κ1) is 11.4. The Bertz CT molecular complexity index is 572. The minimum atomic E-state index is 0.580. The van der Waals surface area contributed by atoms with Gasteiger partial charge in [0.25, 0.3) is 0 Å². The van der Waals surface area contributed by atoms with E-state index in [1.54, 1.807) is 0 Å². The molecule has 2 aromatic rings. The number of thiocarbonyl (C=S) groups is 1. The van der Waals surface area contributed by atoms with Gasteiger partial charge in [-0.05, 0) is 37.2 Å². The maximum Gasteiger partial charge on any atom is 0.183 e. The fraction of sp³-hybridized carbons (Fsp3) is 0.167. The van der Waals surface area contributed by atoms with Crippen LogP contribution in [0.3, 0.4) is 0 Å². The van der Waals surface area contributed by atoms with Gasteiger partial charge in [0.2, 0.25) is 0 Å². The van der Waals surface area contributed by atoms with E-state index in [9.17, 15) is 4.79 Å². The van der Waals surface area contributed by atoms with E-state index in [-0.39, 0.29) is 0 Å². The van der Waals surface area contributed by atoms with E-state index >= 15 is 0 Å². The van der Waals surface area contributed by atoms with E-state index in [1.807, 2.05) is 29.7 Å². The normalized spacial score (nSPS) is 10.6. The number of fused-ring (bicyclic) bond motifs is 1. The molecular formula is C12H11NOS2. The molecule has 0 bridgehead atoms. The fourth-order valence-corrected chi connectivity index (χ4v) is 2.63. The first-order valence-corrected chi connectivity index (χ1v) is 6.17. The molecule has 1 aromatic heterocycles. The van der Waals surface area contributed by atoms with E-state index in [2.05, 4.69) is 13.0 Å². The van der Waals surface area contributed by atoms with Crippen LogP contribution in [0.25, 0.3) is 10.9 Å². The average Bonchev–Trinajstić information content (AvgIpc) is 2.53. The zero-order valence-corrected chi connectivity index (χ0v) is 10.7. The van der Waals surface area contributed by atoms with Crippen molar-refractivity contribution in [1.29, 1.82) is 0 Å². The molecule has 1 heterocycles. The monoisotopic (exact) mass is 249 g/mol. The molecule has 0 aliphatic carbocycles. The summed E-state index contributed by atoms with van der Waals surface area (Å²) in [5.74, 6) is 0. The summed E-state index contributed by atoms with van der Waals surface area (Å²) in [5.41, 5.74) is 4.15. The van der Waals surface area contributed by atoms with Crippen LogP contribution in [0.15, 0.2) is 24.3 Å². The summed E-state index contributed by atoms with van der Waals surface area (Å²) in [6.45, 7) is 4.09. The van der Waals surface area contributed by atoms with Crippen molar-refractivity contribution in [2.24, 2.45) is 0 Å². The van der Waals surface area contributed by atoms with Crippen LogP contribution in [-0.4, -0.2) is 14.5 Å². The fourth-order valence-electron chi connectivity index (χ4n) is 1.86. The number of carbonyl (C=O) groups excluding carboxylic acids is 1. The summed E-state index contributed by atoms with van der Waals surface area (Å²) in [7, 11) is 0. The molecule has 0 radical (unpaired) electrons. The molecule has 0 atom stereocenters. The van der Waals surface area contributed by atoms with Gasteiger partial charge in [0.15, 0.2) is 9.94 Å². The largest absolute Gasteiger partial charge is 0.299 e. The van der Waals surface area contributed by atoms with Crippen molar-refractivity contribution in [1.82, 2.24) is 4.57 Å². The predicted molar refractivity (Wildman–Crippen MR) is 73.7 cm³/mol. The van der Waals surface area contributed by atoms with Crippen molar-refractivity contribution in [2.75, 3.05) is 0 Å². The van der Waals surface area contributed by atoms with Gasteiger partial charge in [-0.3, -0.25) is 9.36 Å². The number of aryl methyl sites for hydroxylation is 1. The number of carbonyl (C=O) groups is 1. The first-order chi connectivity index (χ1) is 7.66. The van der Waals surface area contributed by atoms with Crippen molar-refractivity contribution in [3.8, 4) is 0 Å². The van der Waals surface area contributed by atoms with E-state index in [0.717, 1.165) is 28.6 Å². The molecule has 0 aliphatic rings. The first-order valence-electron chi connectivity index (χ1n) is 4.88. The lowest BCUT2D eigenvalue weighted by Crippen LogP contribution is -2.06. The van der Waals surface area contributed by atoms with Crippen LogP contribution in [0.2, 0.25) is 0 Å². The summed E-state index contributed by atoms with van der Waals surface area (Å²) in [5, 5.41) is 1.19. The molecule has 16 heavy (non-hydrogen) atoms. The molecule has 2 nitrogen and oxygen atoms in total. The van der Waals surface area contributed by atoms with Gasteiger partial charge >= 0.3 is 0 Å². The van der Waals surface area contributed by atoms with Gasteiger partial charge in [0.1, 0.15) is 0 Å². The smallest absolute Gasteiger partial charge is 0.183 e. The summed E-state index contributed by atoms with van der Waals surface area (Å²) in [4.78, 5) is 10.5. The highest BCUT2D eigenvalue weighted by molar-refractivity contribution is 8.31. The lowest BCUT2D eigenvalue weighted by atomic mass is 10.2. The Kier molecular flexibility index (Phi) is 3.12. The number of thioether (sulfide) groups is 1. The van der Waals surface area contributed by atoms with Crippen LogP contribution in [0.1, 0.15) is 11.3 Å². The van der Waals surface area contributed by atoms with Gasteiger partial charge in [-0.25, -0.2) is 0 Å². The van der Waals surface area contributed by atoms with Crippen LogP contribution in [0, 0.1) is 13.8 Å². The van der Waals surface area contributed by atoms with E-state index in [4.69, 9.17) is 12.2 Å². The highest BCUT2D eigenvalue weighted by Crippen LogP contribution is 2.26. The third-order valence-corrected chi connectivity index (χ3v) is 3.71. The maximum absolute atomic E-state index is 10.5. The molecule has 82 valence electrons. The van der Waals surface area contributed by atoms with Gasteiger partial charge in [0.05, 0.1) is 5.52 Å². The summed E-state index contributed by atoms with van der Waals surface area (Å²) >= 11 is 6.28. The summed E-state index contributed by atoms with van der Waals surface area (Å²) < 4.78 is 2.54. The molecule has 0 saturated carbocycles. The second kappa shape index (κ2) is 4.39. The Morgan fingerprint density at radius 3 is 2.75 bits per heavy atom. The minimum Gasteiger partial charge on any atom is -0.299 e. The van der Waals surface area contributed by atoms with Crippen LogP contribution in [0.5, 0.6) is 0 Å². The quantitative estimate of drug-likeness (QED) is 0.572. The van der Waals surface area contributed by atoms with E-state index < -0.39 is 0 Å². The molecule has 0 aliphatic heterocycles. The van der Waals surface area contributed by atoms with Crippen LogP contribution in [-0.2, 0) is 4.79 Å². The number of aromatic nitrogens is 1. The molecule has 4 heteroatoms. The minimum absolute atomic E-state index is 0.580. The van der Waals surface area contributed by atoms with Gasteiger partial charge in [-0.15, -0.1) is 0 Å². The Balaban J connectivity index is 2.73. The molecule has 0 amide bonds. The zero-order chi connectivity index (χ0) is 11.7. The number of hydrogen-bond acceptors (Lipinski definition) is 3. The number of hydrogen-bond donors (Lipinski definition) is 0. The highest BCUT2D eigenvalue weighted by Gasteiger charge is 2.13. The molecule has 1 aromatic carbocycles. The molecule has 2 rings (SSSR count). The number of nitrogens with zero attached hydrogens (tertiary/aromatic N) is 1. The predicted octanol–water partition coefficient (Wildman–Crippen LogP) is 3.31. The average molecular weight is 249 g/mol. The molecule has 0 fully saturated rings. The van der Waals surface area contributed by atoms with Gasteiger partial charge in [0, 0.05) is 11.1 Å². The Morgan fingerprint density at radius 1 is 1.38 bits per heavy atom. The van der Waals surface area contributed by atoms with Gasteiger partial charge < -0.3 is 0 Å². The van der Waals surface area contributed by atoms with Crippen LogP contribution < -0.4 is 0 Å². The van der Waals surface area contributed by atoms with Gasteiger partial charge in [-0.2, -0.15) is 0 Å². The van der Waals surface area contributed by atoms with Crippen LogP contribution in [0.4, 0.5) is 0 Å². The van der Waals surface area contributed by atoms with E-state index in [0.29, 0.717) is 4.32 Å². The van der Waals surface area contributed by atoms with Crippen LogP contribution >= 0.6 is 24.0 Å². The lowest BCUT2D eigenvalue weighted by Gasteiger charge is -2.06. The number of benzene rings is 1. The lowest BCUT2D eigenvalue weighted by molar-refractivity contribution is 0.570. The van der Waals surface area contributed by atoms with Crippen molar-refractivity contribution in [3.63, 3.8) is 0 Å². The van der Waals surface area contributed by atoms with Crippen molar-refractivity contribution in [3.05, 3.63) is 35.5 Å². The Labute approximate surface area is 104 Å². The molecule has 0 unspecified atom stereocenters. The number of rotatable bonds is 1. The van der Waals surface area contributed by atoms with Crippen molar-refractivity contribution >= 4 is 44.8 Å². The van der Waals surface area contributed by atoms with Crippen molar-refractivity contribution in [2.45, 2.75) is 13.8 Å². The highest BCUT2D eigenvalue weighted by atomic mass is 32.2. The molecule has 0 N–H and O–H groups in total. The zero-order valence-electron chi connectivity index (χ0n) is 9.06. The standard InChI is InChI=1S/C12H11NOS2/c1-8-9(2)13(12(15)16-7-14)11-6-4-3-5-10(8)11/h3-7H,1-2H3. The Morgan fingerprint density at radius 2 is 2.06 bits per heavy atom. The summed E-state index contributed by atoms with van der Waals surface area (Å²) in [6, 6.07) is 8.08. The second-order valence-corrected chi connectivity index (χ2v) is 5.00. The third kappa shape index (κ3) is 1.68. The van der Waals surface area contributed by atoms with E-state index in [1.165, 1.54) is 10.9 Å². The van der Waals surface area contributed by atoms with Gasteiger partial charge in [-0.1, -0.05) is 30.4 Å². The topological polar surface area (TPSA) is 22.0 Å². The molecule has 0 saturated heterocycles. The summed E-state index contributed by atoms with van der Waals surface area (Å²) in [6.07, 6.45) is 0. The van der Waals surface area contributed by atoms with Crippen molar-refractivity contribution < 1.29 is 4.79 Å². The third-order valence-electron chi connectivity index (χ3n) is 2.76. The molecule has 0 spiro atoms. The Hall–Kier alpha value is -1.13.